The standard InChI is InChI=1S/C14H18Cl2O/c1-9-2-4-11(6-9)14(17)8-10-3-5-12(15)13(16)7-10/h3,5,7,9,11,14,17H,2,4,6,8H2,1H3. The van der Waals surface area contributed by atoms with Crippen molar-refractivity contribution >= 4 is 23.2 Å². The summed E-state index contributed by atoms with van der Waals surface area (Å²) in [6.45, 7) is 2.26. The summed E-state index contributed by atoms with van der Waals surface area (Å²) in [6, 6.07) is 5.59. The van der Waals surface area contributed by atoms with Crippen LogP contribution >= 0.6 is 23.2 Å². The lowest BCUT2D eigenvalue weighted by molar-refractivity contribution is 0.109. The van der Waals surface area contributed by atoms with Gasteiger partial charge in [0, 0.05) is 0 Å². The fourth-order valence-electron chi connectivity index (χ4n) is 2.68. The first kappa shape index (κ1) is 13.2. The highest BCUT2D eigenvalue weighted by atomic mass is 35.5. The molecule has 0 radical (unpaired) electrons. The van der Waals surface area contributed by atoms with E-state index in [4.69, 9.17) is 23.2 Å². The Labute approximate surface area is 113 Å². The van der Waals surface area contributed by atoms with Gasteiger partial charge in [0.2, 0.25) is 0 Å². The number of hydrogen-bond donors (Lipinski definition) is 1. The fourth-order valence-corrected chi connectivity index (χ4v) is 3.00. The van der Waals surface area contributed by atoms with Crippen LogP contribution in [0.25, 0.3) is 0 Å². The van der Waals surface area contributed by atoms with Crippen molar-refractivity contribution < 1.29 is 5.11 Å². The van der Waals surface area contributed by atoms with Gasteiger partial charge in [0.05, 0.1) is 16.1 Å². The average Bonchev–Trinajstić information content (AvgIpc) is 2.70. The van der Waals surface area contributed by atoms with E-state index in [1.807, 2.05) is 12.1 Å². The lowest BCUT2D eigenvalue weighted by Crippen LogP contribution is -2.20. The maximum atomic E-state index is 10.2. The van der Waals surface area contributed by atoms with Crippen molar-refractivity contribution in [3.63, 3.8) is 0 Å². The number of aliphatic hydroxyl groups is 1. The van der Waals surface area contributed by atoms with Crippen LogP contribution in [0.5, 0.6) is 0 Å². The Hall–Kier alpha value is -0.240. The Bertz CT molecular complexity index is 392. The maximum Gasteiger partial charge on any atom is 0.0608 e. The molecule has 3 unspecified atom stereocenters. The average molecular weight is 273 g/mol. The minimum atomic E-state index is -0.253. The molecule has 3 atom stereocenters. The van der Waals surface area contributed by atoms with Crippen molar-refractivity contribution in [1.82, 2.24) is 0 Å². The lowest BCUT2D eigenvalue weighted by atomic mass is 9.94. The molecule has 1 aliphatic rings. The first-order chi connectivity index (χ1) is 8.06. The Kier molecular flexibility index (Phi) is 4.35. The quantitative estimate of drug-likeness (QED) is 0.868. The van der Waals surface area contributed by atoms with Gasteiger partial charge in [-0.15, -0.1) is 0 Å². The minimum Gasteiger partial charge on any atom is -0.392 e. The number of rotatable bonds is 3. The molecule has 1 nitrogen and oxygen atoms in total. The predicted octanol–water partition coefficient (Wildman–Crippen LogP) is 4.33. The smallest absolute Gasteiger partial charge is 0.0608 e. The summed E-state index contributed by atoms with van der Waals surface area (Å²) in [7, 11) is 0. The molecule has 0 saturated heterocycles. The third-order valence-corrected chi connectivity index (χ3v) is 4.45. The Balaban J connectivity index is 1.98. The molecule has 94 valence electrons. The second-order valence-electron chi connectivity index (χ2n) is 5.20. The van der Waals surface area contributed by atoms with Crippen molar-refractivity contribution in [3.8, 4) is 0 Å². The zero-order valence-corrected chi connectivity index (χ0v) is 11.5. The molecule has 0 aromatic heterocycles. The molecule has 17 heavy (non-hydrogen) atoms. The van der Waals surface area contributed by atoms with Crippen LogP contribution in [0.2, 0.25) is 10.0 Å². The van der Waals surface area contributed by atoms with Gasteiger partial charge >= 0.3 is 0 Å². The van der Waals surface area contributed by atoms with Gasteiger partial charge in [0.25, 0.3) is 0 Å². The van der Waals surface area contributed by atoms with Crippen LogP contribution in [0.4, 0.5) is 0 Å². The molecule has 0 bridgehead atoms. The Morgan fingerprint density at radius 1 is 1.29 bits per heavy atom. The van der Waals surface area contributed by atoms with Gasteiger partial charge in [-0.25, -0.2) is 0 Å². The van der Waals surface area contributed by atoms with Crippen LogP contribution in [0.1, 0.15) is 31.7 Å². The lowest BCUT2D eigenvalue weighted by Gasteiger charge is -2.18. The van der Waals surface area contributed by atoms with E-state index in [0.29, 0.717) is 22.4 Å². The summed E-state index contributed by atoms with van der Waals surface area (Å²) in [5.74, 6) is 1.20. The summed E-state index contributed by atoms with van der Waals surface area (Å²) < 4.78 is 0. The molecule has 1 fully saturated rings. The van der Waals surface area contributed by atoms with Crippen LogP contribution in [0.15, 0.2) is 18.2 Å². The first-order valence-electron chi connectivity index (χ1n) is 6.18. The highest BCUT2D eigenvalue weighted by Crippen LogP contribution is 2.34. The minimum absolute atomic E-state index is 0.253. The monoisotopic (exact) mass is 272 g/mol. The van der Waals surface area contributed by atoms with E-state index >= 15 is 0 Å². The summed E-state index contributed by atoms with van der Waals surface area (Å²) in [5.41, 5.74) is 1.06. The van der Waals surface area contributed by atoms with Crippen molar-refractivity contribution in [1.29, 1.82) is 0 Å². The van der Waals surface area contributed by atoms with Crippen LogP contribution in [-0.2, 0) is 6.42 Å². The zero-order chi connectivity index (χ0) is 12.4. The van der Waals surface area contributed by atoms with Gasteiger partial charge in [0.15, 0.2) is 0 Å². The molecule has 0 amide bonds. The van der Waals surface area contributed by atoms with Gasteiger partial charge in [-0.3, -0.25) is 0 Å². The van der Waals surface area contributed by atoms with Gasteiger partial charge in [0.1, 0.15) is 0 Å². The molecule has 1 N–H and O–H groups in total. The van der Waals surface area contributed by atoms with E-state index in [0.717, 1.165) is 24.3 Å². The van der Waals surface area contributed by atoms with E-state index in [1.54, 1.807) is 6.07 Å². The van der Waals surface area contributed by atoms with Crippen LogP contribution in [0, 0.1) is 11.8 Å². The number of benzene rings is 1. The molecular formula is C14H18Cl2O. The SMILES string of the molecule is CC1CCC(C(O)Cc2ccc(Cl)c(Cl)c2)C1. The molecule has 1 aliphatic carbocycles. The third kappa shape index (κ3) is 3.37. The second-order valence-corrected chi connectivity index (χ2v) is 6.01. The largest absolute Gasteiger partial charge is 0.392 e. The molecule has 3 heteroatoms. The molecular weight excluding hydrogens is 255 g/mol. The van der Waals surface area contributed by atoms with E-state index in [9.17, 15) is 5.11 Å². The fraction of sp³-hybridized carbons (Fsp3) is 0.571. The van der Waals surface area contributed by atoms with E-state index in [-0.39, 0.29) is 6.10 Å². The summed E-state index contributed by atoms with van der Waals surface area (Å²) in [6.07, 6.45) is 3.95. The Morgan fingerprint density at radius 3 is 2.65 bits per heavy atom. The highest BCUT2D eigenvalue weighted by molar-refractivity contribution is 6.42. The van der Waals surface area contributed by atoms with E-state index in [1.165, 1.54) is 6.42 Å². The van der Waals surface area contributed by atoms with Gasteiger partial charge in [-0.1, -0.05) is 42.6 Å². The topological polar surface area (TPSA) is 20.2 Å². The summed E-state index contributed by atoms with van der Waals surface area (Å²) in [4.78, 5) is 0. The predicted molar refractivity (Wildman–Crippen MR) is 72.7 cm³/mol. The summed E-state index contributed by atoms with van der Waals surface area (Å²) in [5, 5.41) is 11.3. The van der Waals surface area contributed by atoms with Gasteiger partial charge in [-0.2, -0.15) is 0 Å². The van der Waals surface area contributed by atoms with Crippen molar-refractivity contribution in [2.24, 2.45) is 11.8 Å². The van der Waals surface area contributed by atoms with Crippen molar-refractivity contribution in [3.05, 3.63) is 33.8 Å². The van der Waals surface area contributed by atoms with Crippen LogP contribution in [0.3, 0.4) is 0 Å². The zero-order valence-electron chi connectivity index (χ0n) is 10.00. The van der Waals surface area contributed by atoms with Crippen LogP contribution < -0.4 is 0 Å². The van der Waals surface area contributed by atoms with E-state index < -0.39 is 0 Å². The first-order valence-corrected chi connectivity index (χ1v) is 6.94. The summed E-state index contributed by atoms with van der Waals surface area (Å²) >= 11 is 11.8. The maximum absolute atomic E-state index is 10.2. The van der Waals surface area contributed by atoms with Crippen molar-refractivity contribution in [2.45, 2.75) is 38.7 Å². The van der Waals surface area contributed by atoms with Gasteiger partial charge < -0.3 is 5.11 Å². The molecule has 0 spiro atoms. The van der Waals surface area contributed by atoms with Crippen molar-refractivity contribution in [2.75, 3.05) is 0 Å². The highest BCUT2D eigenvalue weighted by Gasteiger charge is 2.27. The molecule has 1 aromatic rings. The number of halogens is 2. The Morgan fingerprint density at radius 2 is 2.06 bits per heavy atom. The number of aliphatic hydroxyl groups excluding tert-OH is 1. The molecule has 1 aromatic carbocycles. The molecule has 0 heterocycles. The number of hydrogen-bond acceptors (Lipinski definition) is 1. The second kappa shape index (κ2) is 5.60. The molecule has 1 saturated carbocycles. The third-order valence-electron chi connectivity index (χ3n) is 3.71. The normalized spacial score (nSPS) is 26.1. The molecule has 2 rings (SSSR count). The van der Waals surface area contributed by atoms with Gasteiger partial charge in [-0.05, 0) is 48.8 Å². The molecule has 0 aliphatic heterocycles. The van der Waals surface area contributed by atoms with Crippen LogP contribution in [-0.4, -0.2) is 11.2 Å². The van der Waals surface area contributed by atoms with E-state index in [2.05, 4.69) is 6.92 Å².